The molecule has 5 atom stereocenters. The summed E-state index contributed by atoms with van der Waals surface area (Å²) in [5, 5.41) is 9.75. The standard InChI is InChI=1S/C26H33N3O6/c1-5-13-27(3)23(31)20-19-11-12-26(35-19)21(20)24(32)29(15-16-30)22(26)25(33)28(14-6-2)17-7-9-18(34-4)10-8-17/h5-10,19-22,30H,1-2,11-16H2,3-4H3/t19-,20+,21+,22?,26?/m1/s1. The van der Waals surface area contributed by atoms with E-state index >= 15 is 0 Å². The molecule has 0 aromatic heterocycles. The first-order valence-corrected chi connectivity index (χ1v) is 11.9. The van der Waals surface area contributed by atoms with Crippen LogP contribution in [-0.2, 0) is 19.1 Å². The molecule has 3 heterocycles. The Kier molecular flexibility index (Phi) is 7.00. The minimum absolute atomic E-state index is 0.0184. The predicted molar refractivity (Wildman–Crippen MR) is 130 cm³/mol. The van der Waals surface area contributed by atoms with E-state index in [2.05, 4.69) is 13.2 Å². The van der Waals surface area contributed by atoms with Crippen molar-refractivity contribution < 1.29 is 29.0 Å². The van der Waals surface area contributed by atoms with E-state index in [1.807, 2.05) is 0 Å². The van der Waals surface area contributed by atoms with Gasteiger partial charge in [-0.25, -0.2) is 0 Å². The van der Waals surface area contributed by atoms with Crippen molar-refractivity contribution in [3.8, 4) is 5.75 Å². The molecule has 1 aromatic carbocycles. The lowest BCUT2D eigenvalue weighted by Gasteiger charge is -2.36. The number of nitrogens with zero attached hydrogens (tertiary/aromatic N) is 3. The quantitative estimate of drug-likeness (QED) is 0.503. The molecular weight excluding hydrogens is 450 g/mol. The van der Waals surface area contributed by atoms with Gasteiger partial charge in [-0.1, -0.05) is 12.2 Å². The van der Waals surface area contributed by atoms with Crippen LogP contribution in [0.5, 0.6) is 5.75 Å². The van der Waals surface area contributed by atoms with Crippen LogP contribution in [0.2, 0.25) is 0 Å². The third-order valence-corrected chi connectivity index (χ3v) is 7.40. The molecule has 0 aliphatic carbocycles. The lowest BCUT2D eigenvalue weighted by molar-refractivity contribution is -0.144. The van der Waals surface area contributed by atoms with Gasteiger partial charge in [-0.3, -0.25) is 14.4 Å². The highest BCUT2D eigenvalue weighted by Crippen LogP contribution is 2.58. The zero-order valence-electron chi connectivity index (χ0n) is 20.3. The molecule has 9 nitrogen and oxygen atoms in total. The Morgan fingerprint density at radius 1 is 1.23 bits per heavy atom. The number of amides is 3. The summed E-state index contributed by atoms with van der Waals surface area (Å²) in [5.41, 5.74) is -0.493. The second kappa shape index (κ2) is 9.83. The van der Waals surface area contributed by atoms with Crippen LogP contribution in [0, 0.1) is 11.8 Å². The van der Waals surface area contributed by atoms with E-state index in [0.29, 0.717) is 30.8 Å². The van der Waals surface area contributed by atoms with Gasteiger partial charge in [0.1, 0.15) is 17.4 Å². The molecule has 3 fully saturated rings. The maximum atomic E-state index is 14.1. The minimum atomic E-state index is -1.12. The van der Waals surface area contributed by atoms with Crippen molar-refractivity contribution in [3.63, 3.8) is 0 Å². The number of anilines is 1. The van der Waals surface area contributed by atoms with Crippen molar-refractivity contribution in [2.75, 3.05) is 45.3 Å². The molecule has 0 radical (unpaired) electrons. The molecule has 35 heavy (non-hydrogen) atoms. The minimum Gasteiger partial charge on any atom is -0.497 e. The van der Waals surface area contributed by atoms with Crippen molar-refractivity contribution in [2.45, 2.75) is 30.6 Å². The fourth-order valence-electron chi connectivity index (χ4n) is 5.96. The summed E-state index contributed by atoms with van der Waals surface area (Å²) in [6.07, 6.45) is 3.90. The zero-order chi connectivity index (χ0) is 25.3. The van der Waals surface area contributed by atoms with E-state index in [-0.39, 0.29) is 37.4 Å². The number of methoxy groups -OCH3 is 1. The Morgan fingerprint density at radius 3 is 2.51 bits per heavy atom. The molecule has 2 unspecified atom stereocenters. The molecule has 3 amide bonds. The van der Waals surface area contributed by atoms with Crippen molar-refractivity contribution >= 4 is 23.4 Å². The Labute approximate surface area is 205 Å². The third-order valence-electron chi connectivity index (χ3n) is 7.40. The molecule has 4 rings (SSSR count). The van der Waals surface area contributed by atoms with E-state index in [4.69, 9.17) is 9.47 Å². The number of benzene rings is 1. The fourth-order valence-corrected chi connectivity index (χ4v) is 5.96. The van der Waals surface area contributed by atoms with Crippen LogP contribution in [0.25, 0.3) is 0 Å². The molecule has 188 valence electrons. The van der Waals surface area contributed by atoms with Gasteiger partial charge in [0.05, 0.1) is 31.7 Å². The average Bonchev–Trinajstić information content (AvgIpc) is 3.50. The van der Waals surface area contributed by atoms with Crippen LogP contribution >= 0.6 is 0 Å². The number of β-amino-alcohol motifs (C(OH)–C–C–N with tert-alkyl or cyclic N) is 1. The van der Waals surface area contributed by atoms with Crippen LogP contribution < -0.4 is 9.64 Å². The maximum Gasteiger partial charge on any atom is 0.253 e. The SMILES string of the molecule is C=CCN(C)C(=O)[C@@H]1[C@H]2C(=O)N(CCO)C(C(=O)N(CC=C)c3ccc(OC)cc3)C23CC[C@H]1O3. The molecule has 0 saturated carbocycles. The van der Waals surface area contributed by atoms with Crippen molar-refractivity contribution in [1.29, 1.82) is 0 Å². The third kappa shape index (κ3) is 3.92. The van der Waals surface area contributed by atoms with Gasteiger partial charge in [-0.05, 0) is 37.1 Å². The Bertz CT molecular complexity index is 1010. The summed E-state index contributed by atoms with van der Waals surface area (Å²) in [4.78, 5) is 45.7. The van der Waals surface area contributed by atoms with Gasteiger partial charge in [-0.2, -0.15) is 0 Å². The van der Waals surface area contributed by atoms with E-state index in [1.54, 1.807) is 55.5 Å². The Morgan fingerprint density at radius 2 is 1.91 bits per heavy atom. The molecule has 1 aromatic rings. The monoisotopic (exact) mass is 483 g/mol. The predicted octanol–water partition coefficient (Wildman–Crippen LogP) is 1.23. The smallest absolute Gasteiger partial charge is 0.253 e. The molecule has 1 N–H and O–H groups in total. The highest BCUT2D eigenvalue weighted by molar-refractivity contribution is 6.05. The van der Waals surface area contributed by atoms with E-state index < -0.39 is 29.6 Å². The molecular formula is C26H33N3O6. The summed E-state index contributed by atoms with van der Waals surface area (Å²) >= 11 is 0. The maximum absolute atomic E-state index is 14.1. The molecule has 3 aliphatic rings. The number of ether oxygens (including phenoxy) is 2. The number of fused-ring (bicyclic) bond motifs is 1. The topological polar surface area (TPSA) is 99.6 Å². The van der Waals surface area contributed by atoms with Crippen LogP contribution in [-0.4, -0.2) is 90.8 Å². The summed E-state index contributed by atoms with van der Waals surface area (Å²) < 4.78 is 11.6. The van der Waals surface area contributed by atoms with Crippen molar-refractivity contribution in [1.82, 2.24) is 9.80 Å². The van der Waals surface area contributed by atoms with Crippen molar-refractivity contribution in [3.05, 3.63) is 49.6 Å². The number of aliphatic hydroxyl groups excluding tert-OH is 1. The number of hydrogen-bond donors (Lipinski definition) is 1. The lowest BCUT2D eigenvalue weighted by Crippen LogP contribution is -2.57. The summed E-state index contributed by atoms with van der Waals surface area (Å²) in [7, 11) is 3.24. The van der Waals surface area contributed by atoms with Crippen LogP contribution in [0.1, 0.15) is 12.8 Å². The molecule has 9 heteroatoms. The molecule has 2 bridgehead atoms. The first-order chi connectivity index (χ1) is 16.8. The second-order valence-electron chi connectivity index (χ2n) is 9.25. The summed E-state index contributed by atoms with van der Waals surface area (Å²) in [6.45, 7) is 7.73. The summed E-state index contributed by atoms with van der Waals surface area (Å²) in [5.74, 6) is -1.63. The molecule has 3 saturated heterocycles. The fraction of sp³-hybridized carbons (Fsp3) is 0.500. The number of likely N-dealkylation sites (tertiary alicyclic amines) is 1. The molecule has 3 aliphatic heterocycles. The van der Waals surface area contributed by atoms with Crippen LogP contribution in [0.4, 0.5) is 5.69 Å². The van der Waals surface area contributed by atoms with E-state index in [1.165, 1.54) is 9.80 Å². The zero-order valence-corrected chi connectivity index (χ0v) is 20.3. The second-order valence-corrected chi connectivity index (χ2v) is 9.25. The number of hydrogen-bond acceptors (Lipinski definition) is 6. The van der Waals surface area contributed by atoms with Crippen LogP contribution in [0.15, 0.2) is 49.6 Å². The number of carbonyl (C=O) groups excluding carboxylic acids is 3. The van der Waals surface area contributed by atoms with E-state index in [0.717, 1.165) is 0 Å². The number of carbonyl (C=O) groups is 3. The van der Waals surface area contributed by atoms with Crippen molar-refractivity contribution in [2.24, 2.45) is 11.8 Å². The first kappa shape index (κ1) is 24.9. The van der Waals surface area contributed by atoms with E-state index in [9.17, 15) is 19.5 Å². The van der Waals surface area contributed by atoms with Gasteiger partial charge in [0.2, 0.25) is 11.8 Å². The highest BCUT2D eigenvalue weighted by Gasteiger charge is 2.74. The van der Waals surface area contributed by atoms with Crippen LogP contribution in [0.3, 0.4) is 0 Å². The number of likely N-dealkylation sites (N-methyl/N-ethyl adjacent to an activating group) is 1. The van der Waals surface area contributed by atoms with Gasteiger partial charge in [0.15, 0.2) is 0 Å². The lowest BCUT2D eigenvalue weighted by atomic mass is 9.70. The molecule has 1 spiro atoms. The summed E-state index contributed by atoms with van der Waals surface area (Å²) in [6, 6.07) is 6.10. The van der Waals surface area contributed by atoms with Gasteiger partial charge in [0, 0.05) is 32.4 Å². The van der Waals surface area contributed by atoms with Gasteiger partial charge in [0.25, 0.3) is 5.91 Å². The number of rotatable bonds is 10. The van der Waals surface area contributed by atoms with Gasteiger partial charge in [-0.15, -0.1) is 13.2 Å². The number of aliphatic hydroxyl groups is 1. The Balaban J connectivity index is 1.73. The largest absolute Gasteiger partial charge is 0.497 e. The average molecular weight is 484 g/mol. The van der Waals surface area contributed by atoms with Gasteiger partial charge < -0.3 is 29.3 Å². The first-order valence-electron chi connectivity index (χ1n) is 11.9. The Hall–Kier alpha value is -3.17. The normalized spacial score (nSPS) is 28.5. The van der Waals surface area contributed by atoms with Gasteiger partial charge >= 0.3 is 0 Å². The highest BCUT2D eigenvalue weighted by atomic mass is 16.5.